The fourth-order valence-corrected chi connectivity index (χ4v) is 6.00. The molecule has 0 saturated heterocycles. The van der Waals surface area contributed by atoms with E-state index in [4.69, 9.17) is 10.5 Å². The molecule has 1 atom stereocenters. The fourth-order valence-electron chi connectivity index (χ4n) is 6.00. The minimum Gasteiger partial charge on any atom is -0.447 e. The smallest absolute Gasteiger partial charge is 0.307 e. The third-order valence-corrected chi connectivity index (χ3v) is 8.86. The minimum atomic E-state index is -0.407. The van der Waals surface area contributed by atoms with E-state index in [1.807, 2.05) is 0 Å². The largest absolute Gasteiger partial charge is 0.447 e. The topological polar surface area (TPSA) is 52.3 Å². The van der Waals surface area contributed by atoms with E-state index in [0.29, 0.717) is 6.42 Å². The highest BCUT2D eigenvalue weighted by molar-refractivity contribution is 5.69. The second-order valence-corrected chi connectivity index (χ2v) is 13.2. The summed E-state index contributed by atoms with van der Waals surface area (Å²) in [4.78, 5) is 12.1. The van der Waals surface area contributed by atoms with Crippen LogP contribution < -0.4 is 5.73 Å². The lowest BCUT2D eigenvalue weighted by molar-refractivity contribution is -0.149. The van der Waals surface area contributed by atoms with Crippen molar-refractivity contribution in [1.29, 1.82) is 0 Å². The maximum atomic E-state index is 12.1. The molecule has 0 aromatic carbocycles. The lowest BCUT2D eigenvalue weighted by Gasteiger charge is -2.13. The highest BCUT2D eigenvalue weighted by Crippen LogP contribution is 2.16. The van der Waals surface area contributed by atoms with Crippen LogP contribution in [0.1, 0.15) is 232 Å². The van der Waals surface area contributed by atoms with Gasteiger partial charge in [-0.15, -0.1) is 0 Å². The molecule has 0 aromatic rings. The van der Waals surface area contributed by atoms with E-state index in [-0.39, 0.29) is 5.97 Å². The van der Waals surface area contributed by atoms with E-state index < -0.39 is 6.23 Å². The van der Waals surface area contributed by atoms with Gasteiger partial charge in [0.05, 0.1) is 0 Å². The van der Waals surface area contributed by atoms with Crippen LogP contribution in [0.2, 0.25) is 0 Å². The quantitative estimate of drug-likeness (QED) is 0.0461. The van der Waals surface area contributed by atoms with Crippen LogP contribution in [-0.4, -0.2) is 12.2 Å². The van der Waals surface area contributed by atoms with E-state index in [0.717, 1.165) is 25.7 Å². The molecule has 2 N–H and O–H groups in total. The molecule has 0 aliphatic rings. The molecule has 0 heterocycles. The van der Waals surface area contributed by atoms with Crippen LogP contribution >= 0.6 is 0 Å². The average Bonchev–Trinajstić information content (AvgIpc) is 2.96. The summed E-state index contributed by atoms with van der Waals surface area (Å²) in [6.07, 6.45) is 44.5. The van der Waals surface area contributed by atoms with Gasteiger partial charge in [0.25, 0.3) is 0 Å². The van der Waals surface area contributed by atoms with Gasteiger partial charge in [0.15, 0.2) is 6.23 Å². The van der Waals surface area contributed by atoms with Gasteiger partial charge in [-0.05, 0) is 19.3 Å². The van der Waals surface area contributed by atoms with Crippen molar-refractivity contribution in [1.82, 2.24) is 0 Å². The normalized spacial score (nSPS) is 12.2. The predicted molar refractivity (Wildman–Crippen MR) is 182 cm³/mol. The molecule has 0 aliphatic carbocycles. The highest BCUT2D eigenvalue weighted by atomic mass is 16.6. The molecule has 3 heteroatoms. The Hall–Kier alpha value is -0.570. The number of carbonyl (C=O) groups excluding carboxylic acids is 1. The van der Waals surface area contributed by atoms with Crippen LogP contribution in [-0.2, 0) is 9.53 Å². The number of rotatable bonds is 35. The minimum absolute atomic E-state index is 0.0980. The summed E-state index contributed by atoms with van der Waals surface area (Å²) < 4.78 is 5.44. The van der Waals surface area contributed by atoms with Crippen molar-refractivity contribution < 1.29 is 9.53 Å². The van der Waals surface area contributed by atoms with Gasteiger partial charge < -0.3 is 4.74 Å². The molecule has 0 fully saturated rings. The number of esters is 1. The van der Waals surface area contributed by atoms with Crippen molar-refractivity contribution in [3.8, 4) is 0 Å². The molecule has 1 unspecified atom stereocenters. The van der Waals surface area contributed by atoms with Gasteiger partial charge >= 0.3 is 5.97 Å². The Morgan fingerprint density at radius 3 is 0.951 bits per heavy atom. The Balaban J connectivity index is 3.26. The van der Waals surface area contributed by atoms with Crippen LogP contribution in [0.4, 0.5) is 0 Å². The van der Waals surface area contributed by atoms with Crippen molar-refractivity contribution in [3.63, 3.8) is 0 Å². The molecule has 246 valence electrons. The first-order valence-corrected chi connectivity index (χ1v) is 19.2. The second-order valence-electron chi connectivity index (χ2n) is 13.2. The molecule has 41 heavy (non-hydrogen) atoms. The molecule has 0 aliphatic heterocycles. The van der Waals surface area contributed by atoms with Gasteiger partial charge in [0.1, 0.15) is 0 Å². The molecule has 0 radical (unpaired) electrons. The SMILES string of the molecule is CCCCCCCCCCCCCCCCCCCC(N)OC(=O)CCCCCCCCCCCCCCCCC. The molecule has 0 bridgehead atoms. The first-order chi connectivity index (χ1) is 20.2. The van der Waals surface area contributed by atoms with Gasteiger partial charge in [-0.1, -0.05) is 206 Å². The molecule has 0 saturated carbocycles. The van der Waals surface area contributed by atoms with Crippen molar-refractivity contribution in [2.75, 3.05) is 0 Å². The van der Waals surface area contributed by atoms with Crippen molar-refractivity contribution in [3.05, 3.63) is 0 Å². The molecular weight excluding hydrogens is 502 g/mol. The van der Waals surface area contributed by atoms with E-state index in [1.165, 1.54) is 186 Å². The zero-order chi connectivity index (χ0) is 29.9. The summed E-state index contributed by atoms with van der Waals surface area (Å²) in [5.74, 6) is -0.0980. The number of nitrogens with two attached hydrogens (primary N) is 1. The molecule has 0 amide bonds. The number of hydrogen-bond donors (Lipinski definition) is 1. The number of hydrogen-bond acceptors (Lipinski definition) is 3. The lowest BCUT2D eigenvalue weighted by Crippen LogP contribution is -2.26. The molecule has 3 nitrogen and oxygen atoms in total. The van der Waals surface area contributed by atoms with E-state index in [9.17, 15) is 4.79 Å². The maximum absolute atomic E-state index is 12.1. The van der Waals surface area contributed by atoms with Crippen molar-refractivity contribution >= 4 is 5.97 Å². The van der Waals surface area contributed by atoms with Crippen LogP contribution in [0.3, 0.4) is 0 Å². The number of ether oxygens (including phenoxy) is 1. The van der Waals surface area contributed by atoms with Gasteiger partial charge in [0.2, 0.25) is 0 Å². The standard InChI is InChI=1S/C38H77NO2/c1-3-5-7-9-11-13-15-17-19-20-22-23-25-27-29-31-33-35-37(39)41-38(40)36-34-32-30-28-26-24-21-18-16-14-12-10-8-6-4-2/h37H,3-36,39H2,1-2H3. The van der Waals surface area contributed by atoms with Crippen LogP contribution in [0.25, 0.3) is 0 Å². The zero-order valence-electron chi connectivity index (χ0n) is 28.5. The third kappa shape index (κ3) is 35.5. The Kier molecular flexibility index (Phi) is 35.1. The molecule has 0 rings (SSSR count). The molecule has 0 spiro atoms. The number of unbranched alkanes of at least 4 members (excludes halogenated alkanes) is 30. The first-order valence-electron chi connectivity index (χ1n) is 19.2. The number of carbonyl (C=O) groups is 1. The summed E-state index contributed by atoms with van der Waals surface area (Å²) in [6, 6.07) is 0. The van der Waals surface area contributed by atoms with E-state index in [2.05, 4.69) is 13.8 Å². The average molecular weight is 580 g/mol. The first kappa shape index (κ1) is 40.4. The Morgan fingerprint density at radius 2 is 0.659 bits per heavy atom. The van der Waals surface area contributed by atoms with Gasteiger partial charge in [-0.2, -0.15) is 0 Å². The zero-order valence-corrected chi connectivity index (χ0v) is 28.5. The fraction of sp³-hybridized carbons (Fsp3) is 0.974. The van der Waals surface area contributed by atoms with Gasteiger partial charge in [-0.3, -0.25) is 10.5 Å². The molecule has 0 aromatic heterocycles. The predicted octanol–water partition coefficient (Wildman–Crippen LogP) is 13.1. The summed E-state index contributed by atoms with van der Waals surface area (Å²) >= 11 is 0. The van der Waals surface area contributed by atoms with Crippen molar-refractivity contribution in [2.24, 2.45) is 5.73 Å². The summed E-state index contributed by atoms with van der Waals surface area (Å²) in [7, 11) is 0. The summed E-state index contributed by atoms with van der Waals surface area (Å²) in [5.41, 5.74) is 6.05. The van der Waals surface area contributed by atoms with Crippen LogP contribution in [0.15, 0.2) is 0 Å². The highest BCUT2D eigenvalue weighted by Gasteiger charge is 2.09. The van der Waals surface area contributed by atoms with E-state index in [1.54, 1.807) is 0 Å². The summed E-state index contributed by atoms with van der Waals surface area (Å²) in [5, 5.41) is 0. The van der Waals surface area contributed by atoms with Gasteiger partial charge in [0, 0.05) is 6.42 Å². The Morgan fingerprint density at radius 1 is 0.415 bits per heavy atom. The lowest BCUT2D eigenvalue weighted by atomic mass is 10.0. The monoisotopic (exact) mass is 580 g/mol. The Bertz CT molecular complexity index is 495. The molecular formula is C38H77NO2. The third-order valence-electron chi connectivity index (χ3n) is 8.86. The summed E-state index contributed by atoms with van der Waals surface area (Å²) in [6.45, 7) is 4.58. The van der Waals surface area contributed by atoms with Crippen LogP contribution in [0, 0.1) is 0 Å². The van der Waals surface area contributed by atoms with Gasteiger partial charge in [-0.25, -0.2) is 0 Å². The second kappa shape index (κ2) is 35.6. The van der Waals surface area contributed by atoms with Crippen molar-refractivity contribution in [2.45, 2.75) is 238 Å². The van der Waals surface area contributed by atoms with Crippen LogP contribution in [0.5, 0.6) is 0 Å². The Labute approximate surface area is 259 Å². The van der Waals surface area contributed by atoms with E-state index >= 15 is 0 Å². The maximum Gasteiger partial charge on any atom is 0.307 e.